The second-order valence-electron chi connectivity index (χ2n) is 1.92. The van der Waals surface area contributed by atoms with Gasteiger partial charge in [0, 0.05) is 26.2 Å². The summed E-state index contributed by atoms with van der Waals surface area (Å²) in [4.78, 5) is 2.30. The molecule has 1 saturated heterocycles. The lowest BCUT2D eigenvalue weighted by Crippen LogP contribution is -2.00. The van der Waals surface area contributed by atoms with Crippen molar-refractivity contribution < 1.29 is 5.11 Å². The van der Waals surface area contributed by atoms with Crippen molar-refractivity contribution in [3.8, 4) is 0 Å². The molecule has 1 aliphatic heterocycles. The molecule has 2 heteroatoms. The van der Waals surface area contributed by atoms with E-state index >= 15 is 0 Å². The van der Waals surface area contributed by atoms with Gasteiger partial charge in [0.15, 0.2) is 0 Å². The molecule has 7 heavy (non-hydrogen) atoms. The zero-order valence-corrected chi connectivity index (χ0v) is 4.43. The number of aliphatic hydroxyl groups is 1. The highest BCUT2D eigenvalue weighted by atomic mass is 16.3. The highest BCUT2D eigenvalue weighted by molar-refractivity contribution is 4.70. The quantitative estimate of drug-likeness (QED) is 0.493. The van der Waals surface area contributed by atoms with E-state index in [-0.39, 0.29) is 0 Å². The van der Waals surface area contributed by atoms with Gasteiger partial charge in [-0.05, 0) is 6.42 Å². The van der Waals surface area contributed by atoms with Crippen LogP contribution < -0.4 is 0 Å². The minimum Gasteiger partial charge on any atom is -0.396 e. The van der Waals surface area contributed by atoms with Crippen LogP contribution in [0, 0.1) is 0 Å². The Bertz CT molecular complexity index is 52.0. The molecule has 0 radical (unpaired) electrons. The zero-order valence-electron chi connectivity index (χ0n) is 4.43. The first-order chi connectivity index (χ1) is 3.43. The molecule has 0 atom stereocenters. The normalized spacial score (nSPS) is 20.1. The van der Waals surface area contributed by atoms with Crippen LogP contribution in [0.15, 0.2) is 0 Å². The zero-order chi connectivity index (χ0) is 5.11. The Morgan fingerprint density at radius 1 is 1.43 bits per heavy atom. The molecule has 2 nitrogen and oxygen atoms in total. The molecule has 0 aromatic rings. The van der Waals surface area contributed by atoms with E-state index in [0.29, 0.717) is 6.61 Å². The van der Waals surface area contributed by atoms with E-state index < -0.39 is 0 Å². The van der Waals surface area contributed by atoms with Crippen molar-refractivity contribution >= 4 is 0 Å². The maximum Gasteiger partial charge on any atom is 0.0443 e. The molecular weight excluding hydrogens is 90.1 g/mol. The third-order valence-corrected chi connectivity index (χ3v) is 1.17. The molecule has 1 rings (SSSR count). The summed E-state index contributed by atoms with van der Waals surface area (Å²) in [6.45, 7) is 3.94. The third-order valence-electron chi connectivity index (χ3n) is 1.17. The summed E-state index contributed by atoms with van der Waals surface area (Å²) in [7, 11) is 0. The molecule has 1 fully saturated rings. The van der Waals surface area contributed by atoms with Crippen molar-refractivity contribution in [2.24, 2.45) is 0 Å². The Balaban J connectivity index is 1.80. The average molecular weight is 101 g/mol. The van der Waals surface area contributed by atoms with Crippen molar-refractivity contribution in [2.75, 3.05) is 26.2 Å². The minimum absolute atomic E-state index is 0.344. The lowest BCUT2D eigenvalue weighted by Gasteiger charge is -1.93. The SMILES string of the molecule is OCCCN1CC1. The van der Waals surface area contributed by atoms with Crippen LogP contribution in [0.25, 0.3) is 0 Å². The van der Waals surface area contributed by atoms with Crippen LogP contribution in [0.1, 0.15) is 6.42 Å². The van der Waals surface area contributed by atoms with Crippen LogP contribution >= 0.6 is 0 Å². The van der Waals surface area contributed by atoms with E-state index in [1.807, 2.05) is 0 Å². The molecule has 0 aromatic carbocycles. The topological polar surface area (TPSA) is 23.2 Å². The predicted molar refractivity (Wildman–Crippen MR) is 28.1 cm³/mol. The average Bonchev–Trinajstić information content (AvgIpc) is 2.42. The number of hydrogen-bond donors (Lipinski definition) is 1. The number of aliphatic hydroxyl groups excluding tert-OH is 1. The van der Waals surface area contributed by atoms with Gasteiger partial charge in [-0.1, -0.05) is 0 Å². The molecule has 0 saturated carbocycles. The van der Waals surface area contributed by atoms with E-state index in [4.69, 9.17) is 5.11 Å². The van der Waals surface area contributed by atoms with E-state index in [0.717, 1.165) is 13.0 Å². The van der Waals surface area contributed by atoms with Crippen LogP contribution in [0.4, 0.5) is 0 Å². The predicted octanol–water partition coefficient (Wildman–Crippen LogP) is -0.316. The fourth-order valence-corrected chi connectivity index (χ4v) is 0.589. The summed E-state index contributed by atoms with van der Waals surface area (Å²) >= 11 is 0. The number of rotatable bonds is 3. The molecule has 1 aliphatic rings. The largest absolute Gasteiger partial charge is 0.396 e. The summed E-state index contributed by atoms with van der Waals surface area (Å²) in [5.74, 6) is 0. The monoisotopic (exact) mass is 101 g/mol. The van der Waals surface area contributed by atoms with Gasteiger partial charge in [0.1, 0.15) is 0 Å². The lowest BCUT2D eigenvalue weighted by atomic mass is 10.5. The fourth-order valence-electron chi connectivity index (χ4n) is 0.589. The summed E-state index contributed by atoms with van der Waals surface area (Å²) in [5.41, 5.74) is 0. The highest BCUT2D eigenvalue weighted by Crippen LogP contribution is 2.02. The molecule has 1 heterocycles. The smallest absolute Gasteiger partial charge is 0.0443 e. The fraction of sp³-hybridized carbons (Fsp3) is 1.00. The highest BCUT2D eigenvalue weighted by Gasteiger charge is 2.14. The second kappa shape index (κ2) is 2.28. The van der Waals surface area contributed by atoms with Gasteiger partial charge in [-0.25, -0.2) is 0 Å². The van der Waals surface area contributed by atoms with Gasteiger partial charge in [-0.15, -0.1) is 0 Å². The van der Waals surface area contributed by atoms with Gasteiger partial charge in [-0.2, -0.15) is 0 Å². The second-order valence-corrected chi connectivity index (χ2v) is 1.92. The van der Waals surface area contributed by atoms with Crippen LogP contribution in [-0.2, 0) is 0 Å². The molecule has 42 valence electrons. The first kappa shape index (κ1) is 5.06. The molecule has 0 unspecified atom stereocenters. The summed E-state index contributed by atoms with van der Waals surface area (Å²) in [5, 5.41) is 8.32. The molecule has 0 aliphatic carbocycles. The van der Waals surface area contributed by atoms with Gasteiger partial charge in [0.25, 0.3) is 0 Å². The van der Waals surface area contributed by atoms with E-state index in [2.05, 4.69) is 4.90 Å². The number of hydrogen-bond acceptors (Lipinski definition) is 2. The Kier molecular flexibility index (Phi) is 1.65. The van der Waals surface area contributed by atoms with Crippen molar-refractivity contribution in [1.82, 2.24) is 4.90 Å². The molecule has 0 spiro atoms. The van der Waals surface area contributed by atoms with Gasteiger partial charge >= 0.3 is 0 Å². The summed E-state index contributed by atoms with van der Waals surface area (Å²) in [6.07, 6.45) is 0.944. The molecule has 1 N–H and O–H groups in total. The summed E-state index contributed by atoms with van der Waals surface area (Å²) in [6, 6.07) is 0. The van der Waals surface area contributed by atoms with Crippen LogP contribution in [0.3, 0.4) is 0 Å². The molecule has 0 amide bonds. The van der Waals surface area contributed by atoms with Crippen LogP contribution in [0.5, 0.6) is 0 Å². The van der Waals surface area contributed by atoms with Crippen LogP contribution in [0.2, 0.25) is 0 Å². The van der Waals surface area contributed by atoms with Crippen molar-refractivity contribution in [3.05, 3.63) is 0 Å². The first-order valence-corrected chi connectivity index (χ1v) is 2.76. The minimum atomic E-state index is 0.344. The standard InChI is InChI=1S/C5H11NO/c7-5-1-2-6-3-4-6/h7H,1-5H2. The number of nitrogens with zero attached hydrogens (tertiary/aromatic N) is 1. The van der Waals surface area contributed by atoms with E-state index in [1.165, 1.54) is 13.1 Å². The lowest BCUT2D eigenvalue weighted by molar-refractivity contribution is 0.277. The molecule has 0 aromatic heterocycles. The van der Waals surface area contributed by atoms with Gasteiger partial charge < -0.3 is 10.0 Å². The third kappa shape index (κ3) is 1.90. The van der Waals surface area contributed by atoms with Gasteiger partial charge in [-0.3, -0.25) is 0 Å². The Hall–Kier alpha value is -0.0800. The van der Waals surface area contributed by atoms with E-state index in [9.17, 15) is 0 Å². The molecular formula is C5H11NO. The van der Waals surface area contributed by atoms with Gasteiger partial charge in [0.2, 0.25) is 0 Å². The van der Waals surface area contributed by atoms with Crippen molar-refractivity contribution in [2.45, 2.75) is 6.42 Å². The van der Waals surface area contributed by atoms with E-state index in [1.54, 1.807) is 0 Å². The maximum atomic E-state index is 8.32. The van der Waals surface area contributed by atoms with Crippen molar-refractivity contribution in [1.29, 1.82) is 0 Å². The Labute approximate surface area is 43.7 Å². The molecule has 0 bridgehead atoms. The van der Waals surface area contributed by atoms with Crippen molar-refractivity contribution in [3.63, 3.8) is 0 Å². The first-order valence-electron chi connectivity index (χ1n) is 2.76. The summed E-state index contributed by atoms with van der Waals surface area (Å²) < 4.78 is 0. The van der Waals surface area contributed by atoms with Crippen LogP contribution in [-0.4, -0.2) is 36.2 Å². The van der Waals surface area contributed by atoms with Gasteiger partial charge in [0.05, 0.1) is 0 Å². The Morgan fingerprint density at radius 2 is 2.14 bits per heavy atom. The Morgan fingerprint density at radius 3 is 2.57 bits per heavy atom. The maximum absolute atomic E-state index is 8.32.